The van der Waals surface area contributed by atoms with Crippen LogP contribution in [0.15, 0.2) is 176 Å². The lowest BCUT2D eigenvalue weighted by Crippen LogP contribution is -1.99. The Kier molecular flexibility index (Phi) is 6.68. The van der Waals surface area contributed by atoms with Gasteiger partial charge in [-0.15, -0.1) is 11.3 Å². The topological polar surface area (TPSA) is 30.7 Å². The fourth-order valence-corrected chi connectivity index (χ4v) is 8.53. The first-order valence-electron chi connectivity index (χ1n) is 16.8. The second-order valence-corrected chi connectivity index (χ2v) is 13.6. The Morgan fingerprint density at radius 2 is 1.04 bits per heavy atom. The fourth-order valence-electron chi connectivity index (χ4n) is 7.29. The lowest BCUT2D eigenvalue weighted by atomic mass is 9.97. The molecule has 0 spiro atoms. The number of aromatic nitrogens is 3. The Hall–Kier alpha value is -6.36. The van der Waals surface area contributed by atoms with E-state index < -0.39 is 0 Å². The van der Waals surface area contributed by atoms with E-state index >= 15 is 0 Å². The first-order valence-corrected chi connectivity index (χ1v) is 17.7. The third-order valence-corrected chi connectivity index (χ3v) is 10.8. The normalized spacial score (nSPS) is 11.6. The summed E-state index contributed by atoms with van der Waals surface area (Å²) < 4.78 is 4.94. The van der Waals surface area contributed by atoms with Crippen molar-refractivity contribution in [1.82, 2.24) is 14.5 Å². The molecule has 3 aromatic heterocycles. The molecule has 10 rings (SSSR count). The van der Waals surface area contributed by atoms with Gasteiger partial charge in [0, 0.05) is 42.4 Å². The van der Waals surface area contributed by atoms with Crippen LogP contribution in [0.2, 0.25) is 0 Å². The lowest BCUT2D eigenvalue weighted by molar-refractivity contribution is 1.15. The van der Waals surface area contributed by atoms with Crippen LogP contribution in [-0.2, 0) is 0 Å². The molecule has 50 heavy (non-hydrogen) atoms. The molecule has 234 valence electrons. The number of benzene rings is 7. The Bertz CT molecular complexity index is 2870. The van der Waals surface area contributed by atoms with Crippen molar-refractivity contribution in [3.05, 3.63) is 176 Å². The minimum atomic E-state index is 0.709. The molecule has 3 heterocycles. The van der Waals surface area contributed by atoms with Gasteiger partial charge in [-0.1, -0.05) is 140 Å². The van der Waals surface area contributed by atoms with E-state index in [1.165, 1.54) is 31.3 Å². The van der Waals surface area contributed by atoms with Gasteiger partial charge in [-0.05, 0) is 58.7 Å². The summed E-state index contributed by atoms with van der Waals surface area (Å²) in [6.07, 6.45) is 0. The van der Waals surface area contributed by atoms with E-state index in [0.29, 0.717) is 5.82 Å². The van der Waals surface area contributed by atoms with Crippen molar-refractivity contribution in [2.75, 3.05) is 0 Å². The maximum absolute atomic E-state index is 5.35. The molecule has 0 bridgehead atoms. The van der Waals surface area contributed by atoms with Crippen molar-refractivity contribution in [1.29, 1.82) is 0 Å². The van der Waals surface area contributed by atoms with E-state index in [9.17, 15) is 0 Å². The Labute approximate surface area is 293 Å². The number of para-hydroxylation sites is 2. The number of fused-ring (bicyclic) bond motifs is 6. The van der Waals surface area contributed by atoms with Gasteiger partial charge in [0.2, 0.25) is 0 Å². The highest BCUT2D eigenvalue weighted by atomic mass is 32.1. The summed E-state index contributed by atoms with van der Waals surface area (Å²) in [5.74, 6) is 0.709. The monoisotopic (exact) mass is 655 g/mol. The average molecular weight is 656 g/mol. The van der Waals surface area contributed by atoms with Crippen molar-refractivity contribution >= 4 is 53.4 Å². The van der Waals surface area contributed by atoms with Crippen LogP contribution in [0, 0.1) is 0 Å². The number of hydrogen-bond acceptors (Lipinski definition) is 3. The zero-order valence-electron chi connectivity index (χ0n) is 27.0. The van der Waals surface area contributed by atoms with Gasteiger partial charge in [0.05, 0.1) is 16.7 Å². The number of nitrogens with zero attached hydrogens (tertiary/aromatic N) is 3. The van der Waals surface area contributed by atoms with E-state index in [2.05, 4.69) is 174 Å². The minimum absolute atomic E-state index is 0.709. The molecule has 7 aromatic carbocycles. The molecule has 0 aliphatic rings. The van der Waals surface area contributed by atoms with Gasteiger partial charge in [0.15, 0.2) is 5.82 Å². The van der Waals surface area contributed by atoms with Gasteiger partial charge in [0.25, 0.3) is 0 Å². The summed E-state index contributed by atoms with van der Waals surface area (Å²) >= 11 is 1.87. The number of thiophene rings is 1. The van der Waals surface area contributed by atoms with Crippen molar-refractivity contribution in [3.63, 3.8) is 0 Å². The van der Waals surface area contributed by atoms with Crippen LogP contribution in [0.25, 0.3) is 92.7 Å². The molecule has 0 atom stereocenters. The standard InChI is InChI=1S/C46H29N3S/c1-3-14-30(15-4-1)42-44-43(39-23-7-9-26-40(39)49(44)35-20-5-2-6-21-35)48-46(47-42)34-19-12-17-32(29-34)31-16-11-18-33(28-31)36-24-13-25-38-37-22-8-10-27-41(37)50-45(36)38/h1-29H. The Morgan fingerprint density at radius 3 is 1.86 bits per heavy atom. The molecule has 0 fully saturated rings. The lowest BCUT2D eigenvalue weighted by Gasteiger charge is -2.13. The molecule has 0 aliphatic heterocycles. The summed E-state index contributed by atoms with van der Waals surface area (Å²) in [7, 11) is 0. The molecule has 0 amide bonds. The zero-order chi connectivity index (χ0) is 33.0. The molecule has 0 saturated heterocycles. The molecule has 0 aliphatic carbocycles. The molecule has 0 radical (unpaired) electrons. The Balaban J connectivity index is 1.14. The fraction of sp³-hybridized carbons (Fsp3) is 0. The predicted molar refractivity (Wildman–Crippen MR) is 211 cm³/mol. The van der Waals surface area contributed by atoms with Crippen LogP contribution in [-0.4, -0.2) is 14.5 Å². The van der Waals surface area contributed by atoms with Crippen LogP contribution < -0.4 is 0 Å². The largest absolute Gasteiger partial charge is 0.306 e. The van der Waals surface area contributed by atoms with Gasteiger partial charge in [-0.25, -0.2) is 9.97 Å². The van der Waals surface area contributed by atoms with Gasteiger partial charge >= 0.3 is 0 Å². The third-order valence-electron chi connectivity index (χ3n) is 9.60. The Morgan fingerprint density at radius 1 is 0.440 bits per heavy atom. The summed E-state index contributed by atoms with van der Waals surface area (Å²) in [6, 6.07) is 62.4. The second kappa shape index (κ2) is 11.7. The van der Waals surface area contributed by atoms with E-state index in [-0.39, 0.29) is 0 Å². The molecular weight excluding hydrogens is 627 g/mol. The van der Waals surface area contributed by atoms with Gasteiger partial charge in [-0.2, -0.15) is 0 Å². The quantitative estimate of drug-likeness (QED) is 0.185. The molecular formula is C46H29N3S. The predicted octanol–water partition coefficient (Wildman–Crippen LogP) is 12.6. The minimum Gasteiger partial charge on any atom is -0.306 e. The number of rotatable bonds is 5. The maximum Gasteiger partial charge on any atom is 0.160 e. The van der Waals surface area contributed by atoms with E-state index in [1.807, 2.05) is 17.4 Å². The smallest absolute Gasteiger partial charge is 0.160 e. The summed E-state index contributed by atoms with van der Waals surface area (Å²) in [6.45, 7) is 0. The second-order valence-electron chi connectivity index (χ2n) is 12.6. The average Bonchev–Trinajstić information content (AvgIpc) is 3.74. The first kappa shape index (κ1) is 28.6. The van der Waals surface area contributed by atoms with Crippen LogP contribution in [0.4, 0.5) is 0 Å². The van der Waals surface area contributed by atoms with Gasteiger partial charge in [0.1, 0.15) is 5.52 Å². The van der Waals surface area contributed by atoms with Gasteiger partial charge < -0.3 is 4.57 Å². The highest BCUT2D eigenvalue weighted by molar-refractivity contribution is 7.26. The van der Waals surface area contributed by atoms with Gasteiger partial charge in [-0.3, -0.25) is 0 Å². The maximum atomic E-state index is 5.35. The SMILES string of the molecule is c1ccc(-c2nc(-c3cccc(-c4cccc(-c5cccc6c5sc5ccccc56)c4)c3)nc3c4ccccc4n(-c4ccccc4)c23)cc1. The van der Waals surface area contributed by atoms with Crippen molar-refractivity contribution < 1.29 is 0 Å². The van der Waals surface area contributed by atoms with Crippen LogP contribution in [0.3, 0.4) is 0 Å². The number of hydrogen-bond donors (Lipinski definition) is 0. The summed E-state index contributed by atoms with van der Waals surface area (Å²) in [4.78, 5) is 10.7. The molecule has 0 saturated carbocycles. The molecule has 4 heteroatoms. The van der Waals surface area contributed by atoms with Crippen molar-refractivity contribution in [3.8, 4) is 50.6 Å². The van der Waals surface area contributed by atoms with Crippen molar-refractivity contribution in [2.24, 2.45) is 0 Å². The summed E-state index contributed by atoms with van der Waals surface area (Å²) in [5.41, 5.74) is 11.9. The highest BCUT2D eigenvalue weighted by Gasteiger charge is 2.21. The van der Waals surface area contributed by atoms with Crippen LogP contribution in [0.1, 0.15) is 0 Å². The molecule has 10 aromatic rings. The first-order chi connectivity index (χ1) is 24.8. The summed E-state index contributed by atoms with van der Waals surface area (Å²) in [5, 5.41) is 3.73. The highest BCUT2D eigenvalue weighted by Crippen LogP contribution is 2.41. The van der Waals surface area contributed by atoms with E-state index in [0.717, 1.165) is 55.6 Å². The van der Waals surface area contributed by atoms with E-state index in [1.54, 1.807) is 0 Å². The molecule has 0 N–H and O–H groups in total. The zero-order valence-corrected chi connectivity index (χ0v) is 27.8. The third kappa shape index (κ3) is 4.65. The van der Waals surface area contributed by atoms with Crippen molar-refractivity contribution in [2.45, 2.75) is 0 Å². The van der Waals surface area contributed by atoms with Crippen LogP contribution >= 0.6 is 11.3 Å². The molecule has 0 unspecified atom stereocenters. The molecule has 3 nitrogen and oxygen atoms in total. The van der Waals surface area contributed by atoms with Crippen LogP contribution in [0.5, 0.6) is 0 Å². The van der Waals surface area contributed by atoms with E-state index in [4.69, 9.17) is 9.97 Å².